The van der Waals surface area contributed by atoms with Crippen molar-refractivity contribution in [3.63, 3.8) is 0 Å². The number of hydrogen-bond acceptors (Lipinski definition) is 4. The van der Waals surface area contributed by atoms with Gasteiger partial charge >= 0.3 is 0 Å². The predicted molar refractivity (Wildman–Crippen MR) is 76.8 cm³/mol. The van der Waals surface area contributed by atoms with Crippen LogP contribution in [0, 0.1) is 0 Å². The summed E-state index contributed by atoms with van der Waals surface area (Å²) in [6.45, 7) is 2.03. The van der Waals surface area contributed by atoms with Gasteiger partial charge in [0.15, 0.2) is 0 Å². The van der Waals surface area contributed by atoms with Crippen LogP contribution in [0.3, 0.4) is 0 Å². The molecular weight excluding hydrogens is 254 g/mol. The molecule has 2 aromatic rings. The van der Waals surface area contributed by atoms with E-state index in [0.29, 0.717) is 6.10 Å². The van der Waals surface area contributed by atoms with Gasteiger partial charge in [0, 0.05) is 11.6 Å². The van der Waals surface area contributed by atoms with Crippen LogP contribution in [-0.4, -0.2) is 29.4 Å². The van der Waals surface area contributed by atoms with Crippen molar-refractivity contribution < 1.29 is 4.74 Å². The van der Waals surface area contributed by atoms with Gasteiger partial charge in [-0.25, -0.2) is 5.10 Å². The van der Waals surface area contributed by atoms with Crippen LogP contribution in [0.2, 0.25) is 0 Å². The van der Waals surface area contributed by atoms with Gasteiger partial charge < -0.3 is 10.1 Å². The Balaban J connectivity index is 1.72. The third-order valence-electron chi connectivity index (χ3n) is 3.44. The summed E-state index contributed by atoms with van der Waals surface area (Å²) in [6.07, 6.45) is 4.02. The summed E-state index contributed by atoms with van der Waals surface area (Å²) in [5.41, 5.74) is 1.57. The third-order valence-corrected chi connectivity index (χ3v) is 3.44. The van der Waals surface area contributed by atoms with E-state index in [1.54, 1.807) is 6.20 Å². The number of hydrogen-bond donors (Lipinski definition) is 2. The number of piperidine rings is 1. The van der Waals surface area contributed by atoms with Crippen LogP contribution in [0.15, 0.2) is 41.3 Å². The lowest BCUT2D eigenvalue weighted by molar-refractivity contribution is 0.162. The van der Waals surface area contributed by atoms with Crippen LogP contribution in [0.1, 0.15) is 12.8 Å². The first-order chi connectivity index (χ1) is 9.81. The van der Waals surface area contributed by atoms with E-state index in [1.807, 2.05) is 24.3 Å². The van der Waals surface area contributed by atoms with Crippen molar-refractivity contribution in [3.8, 4) is 16.9 Å². The topological polar surface area (TPSA) is 67.0 Å². The van der Waals surface area contributed by atoms with E-state index >= 15 is 0 Å². The molecule has 20 heavy (non-hydrogen) atoms. The first-order valence-electron chi connectivity index (χ1n) is 6.84. The normalized spacial score (nSPS) is 16.0. The maximum atomic E-state index is 11.2. The standard InChI is InChI=1S/C15H17N3O2/c19-15-9-12(10-17-18-15)11-1-3-13(4-2-11)20-14-5-7-16-8-6-14/h1-4,9-10,14,16H,5-8H2,(H,18,19). The van der Waals surface area contributed by atoms with Gasteiger partial charge in [-0.3, -0.25) is 4.79 Å². The molecule has 0 atom stereocenters. The Hall–Kier alpha value is -2.14. The molecule has 1 fully saturated rings. The van der Waals surface area contributed by atoms with Gasteiger partial charge in [-0.15, -0.1) is 0 Å². The van der Waals surface area contributed by atoms with Crippen molar-refractivity contribution in [1.29, 1.82) is 0 Å². The zero-order chi connectivity index (χ0) is 13.8. The number of aromatic amines is 1. The van der Waals surface area contributed by atoms with Crippen molar-refractivity contribution in [3.05, 3.63) is 46.9 Å². The summed E-state index contributed by atoms with van der Waals surface area (Å²) in [5, 5.41) is 9.49. The molecule has 1 aliphatic heterocycles. The lowest BCUT2D eigenvalue weighted by Crippen LogP contribution is -2.34. The molecule has 104 valence electrons. The lowest BCUT2D eigenvalue weighted by Gasteiger charge is -2.23. The van der Waals surface area contributed by atoms with Crippen molar-refractivity contribution in [1.82, 2.24) is 15.5 Å². The fourth-order valence-corrected chi connectivity index (χ4v) is 2.37. The monoisotopic (exact) mass is 271 g/mol. The molecule has 0 radical (unpaired) electrons. The van der Waals surface area contributed by atoms with E-state index in [9.17, 15) is 4.79 Å². The predicted octanol–water partition coefficient (Wildman–Crippen LogP) is 1.57. The SMILES string of the molecule is O=c1cc(-c2ccc(OC3CCNCC3)cc2)cn[nH]1. The van der Waals surface area contributed by atoms with Gasteiger partial charge in [-0.2, -0.15) is 5.10 Å². The minimum absolute atomic E-state index is 0.197. The highest BCUT2D eigenvalue weighted by molar-refractivity contribution is 5.62. The average molecular weight is 271 g/mol. The Kier molecular flexibility index (Phi) is 3.78. The van der Waals surface area contributed by atoms with Gasteiger partial charge in [0.25, 0.3) is 5.56 Å². The zero-order valence-corrected chi connectivity index (χ0v) is 11.1. The molecule has 0 spiro atoms. The molecule has 2 N–H and O–H groups in total. The highest BCUT2D eigenvalue weighted by Gasteiger charge is 2.14. The molecule has 2 heterocycles. The van der Waals surface area contributed by atoms with Gasteiger partial charge in [0.1, 0.15) is 11.9 Å². The summed E-state index contributed by atoms with van der Waals surface area (Å²) < 4.78 is 5.95. The summed E-state index contributed by atoms with van der Waals surface area (Å²) in [6, 6.07) is 9.33. The van der Waals surface area contributed by atoms with E-state index in [-0.39, 0.29) is 5.56 Å². The first kappa shape index (κ1) is 12.9. The molecule has 0 amide bonds. The Morgan fingerprint density at radius 3 is 2.55 bits per heavy atom. The minimum Gasteiger partial charge on any atom is -0.490 e. The number of ether oxygens (including phenoxy) is 1. The van der Waals surface area contributed by atoms with Crippen LogP contribution in [0.5, 0.6) is 5.75 Å². The molecular formula is C15H17N3O2. The first-order valence-corrected chi connectivity index (χ1v) is 6.84. The summed E-state index contributed by atoms with van der Waals surface area (Å²) in [5.74, 6) is 0.874. The molecule has 0 aliphatic carbocycles. The van der Waals surface area contributed by atoms with Gasteiger partial charge in [-0.05, 0) is 43.6 Å². The van der Waals surface area contributed by atoms with Crippen LogP contribution in [-0.2, 0) is 0 Å². The van der Waals surface area contributed by atoms with Crippen LogP contribution < -0.4 is 15.6 Å². The van der Waals surface area contributed by atoms with Crippen LogP contribution in [0.25, 0.3) is 11.1 Å². The summed E-state index contributed by atoms with van der Waals surface area (Å²) >= 11 is 0. The Morgan fingerprint density at radius 1 is 1.10 bits per heavy atom. The van der Waals surface area contributed by atoms with Gasteiger partial charge in [0.2, 0.25) is 0 Å². The van der Waals surface area contributed by atoms with E-state index in [2.05, 4.69) is 15.5 Å². The summed E-state index contributed by atoms with van der Waals surface area (Å²) in [4.78, 5) is 11.2. The van der Waals surface area contributed by atoms with E-state index in [0.717, 1.165) is 42.8 Å². The Morgan fingerprint density at radius 2 is 1.85 bits per heavy atom. The molecule has 5 nitrogen and oxygen atoms in total. The number of aromatic nitrogens is 2. The summed E-state index contributed by atoms with van der Waals surface area (Å²) in [7, 11) is 0. The molecule has 5 heteroatoms. The lowest BCUT2D eigenvalue weighted by atomic mass is 10.1. The number of nitrogens with one attached hydrogen (secondary N) is 2. The third kappa shape index (κ3) is 3.05. The van der Waals surface area contributed by atoms with Crippen molar-refractivity contribution in [2.24, 2.45) is 0 Å². The molecule has 0 bridgehead atoms. The Bertz CT molecular complexity index is 616. The molecule has 1 aromatic carbocycles. The van der Waals surface area contributed by atoms with Crippen molar-refractivity contribution >= 4 is 0 Å². The number of benzene rings is 1. The fraction of sp³-hybridized carbons (Fsp3) is 0.333. The van der Waals surface area contributed by atoms with Gasteiger partial charge in [0.05, 0.1) is 6.20 Å². The largest absolute Gasteiger partial charge is 0.490 e. The van der Waals surface area contributed by atoms with Crippen molar-refractivity contribution in [2.45, 2.75) is 18.9 Å². The minimum atomic E-state index is -0.197. The van der Waals surface area contributed by atoms with E-state index in [4.69, 9.17) is 4.74 Å². The maximum absolute atomic E-state index is 11.2. The molecule has 1 aliphatic rings. The number of nitrogens with zero attached hydrogens (tertiary/aromatic N) is 1. The fourth-order valence-electron chi connectivity index (χ4n) is 2.37. The number of rotatable bonds is 3. The second-order valence-corrected chi connectivity index (χ2v) is 4.93. The molecule has 0 saturated carbocycles. The second-order valence-electron chi connectivity index (χ2n) is 4.93. The highest BCUT2D eigenvalue weighted by Crippen LogP contribution is 2.22. The average Bonchev–Trinajstić information content (AvgIpc) is 2.49. The highest BCUT2D eigenvalue weighted by atomic mass is 16.5. The maximum Gasteiger partial charge on any atom is 0.264 e. The molecule has 0 unspecified atom stereocenters. The molecule has 1 aromatic heterocycles. The smallest absolute Gasteiger partial charge is 0.264 e. The zero-order valence-electron chi connectivity index (χ0n) is 11.1. The molecule has 1 saturated heterocycles. The van der Waals surface area contributed by atoms with Crippen LogP contribution >= 0.6 is 0 Å². The van der Waals surface area contributed by atoms with Gasteiger partial charge in [-0.1, -0.05) is 12.1 Å². The van der Waals surface area contributed by atoms with E-state index < -0.39 is 0 Å². The quantitative estimate of drug-likeness (QED) is 0.889. The molecule has 3 rings (SSSR count). The Labute approximate surface area is 117 Å². The number of H-pyrrole nitrogens is 1. The van der Waals surface area contributed by atoms with Crippen LogP contribution in [0.4, 0.5) is 0 Å². The second kappa shape index (κ2) is 5.88. The van der Waals surface area contributed by atoms with Crippen molar-refractivity contribution in [2.75, 3.05) is 13.1 Å². The van der Waals surface area contributed by atoms with E-state index in [1.165, 1.54) is 6.07 Å².